The molecule has 1 unspecified atom stereocenters. The van der Waals surface area contributed by atoms with Crippen molar-refractivity contribution < 1.29 is 0 Å². The second kappa shape index (κ2) is 8.54. The maximum atomic E-state index is 4.43. The summed E-state index contributed by atoms with van der Waals surface area (Å²) in [5, 5.41) is 7.12. The van der Waals surface area contributed by atoms with Crippen molar-refractivity contribution in [1.29, 1.82) is 0 Å². The molecule has 25 heavy (non-hydrogen) atoms. The molecule has 0 bridgehead atoms. The highest BCUT2D eigenvalue weighted by atomic mass is 79.9. The maximum Gasteiger partial charge on any atom is 0.191 e. The van der Waals surface area contributed by atoms with Crippen LogP contribution < -0.4 is 10.6 Å². The Kier molecular flexibility index (Phi) is 6.39. The molecular weight excluding hydrogens is 376 g/mol. The van der Waals surface area contributed by atoms with Gasteiger partial charge < -0.3 is 15.5 Å². The van der Waals surface area contributed by atoms with Crippen LogP contribution in [0.15, 0.2) is 33.7 Å². The molecule has 2 N–H and O–H groups in total. The van der Waals surface area contributed by atoms with Gasteiger partial charge in [0.2, 0.25) is 0 Å². The highest BCUT2D eigenvalue weighted by Crippen LogP contribution is 2.49. The summed E-state index contributed by atoms with van der Waals surface area (Å²) in [6.45, 7) is 7.85. The number of piperidine rings is 1. The molecule has 2 fully saturated rings. The minimum Gasteiger partial charge on any atom is -0.356 e. The van der Waals surface area contributed by atoms with Crippen LogP contribution in [0.3, 0.4) is 0 Å². The molecule has 1 aromatic carbocycles. The Hall–Kier alpha value is -1.07. The van der Waals surface area contributed by atoms with E-state index in [9.17, 15) is 0 Å². The molecule has 1 atom stereocenters. The number of aliphatic imine (C=N–C) groups is 1. The first kappa shape index (κ1) is 18.7. The van der Waals surface area contributed by atoms with Crippen LogP contribution in [0.25, 0.3) is 0 Å². The first-order valence-electron chi connectivity index (χ1n) is 9.59. The molecule has 1 heterocycles. The van der Waals surface area contributed by atoms with Crippen LogP contribution in [-0.2, 0) is 5.41 Å². The molecule has 0 amide bonds. The lowest BCUT2D eigenvalue weighted by molar-refractivity contribution is 0.183. The molecule has 0 spiro atoms. The topological polar surface area (TPSA) is 39.7 Å². The van der Waals surface area contributed by atoms with E-state index in [1.54, 1.807) is 0 Å². The van der Waals surface area contributed by atoms with Crippen molar-refractivity contribution in [3.05, 3.63) is 34.3 Å². The number of likely N-dealkylation sites (tertiary alicyclic amines) is 1. The van der Waals surface area contributed by atoms with Gasteiger partial charge in [0, 0.05) is 36.6 Å². The molecule has 2 aliphatic rings. The lowest BCUT2D eigenvalue weighted by atomic mass is 9.96. The predicted molar refractivity (Wildman–Crippen MR) is 109 cm³/mol. The van der Waals surface area contributed by atoms with Gasteiger partial charge in [-0.1, -0.05) is 41.1 Å². The standard InChI is InChI=1S/C20H31BrN4/c1-3-25-12-6-7-16(14-25)13-23-19(22-2)24-15-20(10-11-20)17-8-4-5-9-18(17)21/h4-5,8-9,16H,3,6-7,10-15H2,1-2H3,(H2,22,23,24). The molecule has 1 saturated heterocycles. The Morgan fingerprint density at radius 3 is 2.80 bits per heavy atom. The average Bonchev–Trinajstić information content (AvgIpc) is 3.43. The van der Waals surface area contributed by atoms with E-state index < -0.39 is 0 Å². The fraction of sp³-hybridized carbons (Fsp3) is 0.650. The maximum absolute atomic E-state index is 4.43. The zero-order valence-electron chi connectivity index (χ0n) is 15.5. The Labute approximate surface area is 160 Å². The summed E-state index contributed by atoms with van der Waals surface area (Å²) in [5.41, 5.74) is 1.69. The van der Waals surface area contributed by atoms with Gasteiger partial charge in [0.1, 0.15) is 0 Å². The van der Waals surface area contributed by atoms with E-state index in [0.29, 0.717) is 0 Å². The quantitative estimate of drug-likeness (QED) is 0.561. The number of nitrogens with one attached hydrogen (secondary N) is 2. The van der Waals surface area contributed by atoms with E-state index >= 15 is 0 Å². The van der Waals surface area contributed by atoms with Gasteiger partial charge >= 0.3 is 0 Å². The van der Waals surface area contributed by atoms with Crippen molar-refractivity contribution in [2.75, 3.05) is 39.8 Å². The van der Waals surface area contributed by atoms with E-state index in [-0.39, 0.29) is 5.41 Å². The second-order valence-corrected chi connectivity index (χ2v) is 8.32. The monoisotopic (exact) mass is 406 g/mol. The molecule has 4 nitrogen and oxygen atoms in total. The number of halogens is 1. The van der Waals surface area contributed by atoms with Gasteiger partial charge in [-0.05, 0) is 56.3 Å². The molecule has 0 aromatic heterocycles. The molecule has 0 radical (unpaired) electrons. The summed E-state index contributed by atoms with van der Waals surface area (Å²) in [6.07, 6.45) is 5.13. The normalized spacial score (nSPS) is 23.3. The van der Waals surface area contributed by atoms with Gasteiger partial charge in [0.25, 0.3) is 0 Å². The van der Waals surface area contributed by atoms with E-state index in [0.717, 1.165) is 31.5 Å². The number of rotatable bonds is 6. The third-order valence-electron chi connectivity index (χ3n) is 5.73. The lowest BCUT2D eigenvalue weighted by Gasteiger charge is -2.32. The summed E-state index contributed by atoms with van der Waals surface area (Å²) < 4.78 is 1.22. The van der Waals surface area contributed by atoms with Crippen molar-refractivity contribution in [3.63, 3.8) is 0 Å². The fourth-order valence-corrected chi connectivity index (χ4v) is 4.61. The van der Waals surface area contributed by atoms with Gasteiger partial charge in [-0.25, -0.2) is 0 Å². The molecule has 1 saturated carbocycles. The van der Waals surface area contributed by atoms with Crippen molar-refractivity contribution >= 4 is 21.9 Å². The van der Waals surface area contributed by atoms with E-state index in [4.69, 9.17) is 0 Å². The second-order valence-electron chi connectivity index (χ2n) is 7.47. The van der Waals surface area contributed by atoms with Gasteiger partial charge in [-0.2, -0.15) is 0 Å². The fourth-order valence-electron chi connectivity index (χ4n) is 3.90. The van der Waals surface area contributed by atoms with E-state index in [1.165, 1.54) is 48.8 Å². The van der Waals surface area contributed by atoms with Gasteiger partial charge in [0.05, 0.1) is 0 Å². The van der Waals surface area contributed by atoms with Crippen molar-refractivity contribution in [1.82, 2.24) is 15.5 Å². The summed E-state index contributed by atoms with van der Waals surface area (Å²) in [5.74, 6) is 1.66. The van der Waals surface area contributed by atoms with Crippen LogP contribution in [0.2, 0.25) is 0 Å². The van der Waals surface area contributed by atoms with Crippen molar-refractivity contribution in [3.8, 4) is 0 Å². The third kappa shape index (κ3) is 4.76. The molecule has 1 aliphatic carbocycles. The van der Waals surface area contributed by atoms with Crippen molar-refractivity contribution in [2.24, 2.45) is 10.9 Å². The Balaban J connectivity index is 1.49. The van der Waals surface area contributed by atoms with Crippen LogP contribution in [0.4, 0.5) is 0 Å². The van der Waals surface area contributed by atoms with Crippen LogP contribution in [0.1, 0.15) is 38.2 Å². The summed E-state index contributed by atoms with van der Waals surface area (Å²) in [6, 6.07) is 8.61. The molecular formula is C20H31BrN4. The number of hydrogen-bond acceptors (Lipinski definition) is 2. The molecule has 3 rings (SSSR count). The van der Waals surface area contributed by atoms with Crippen LogP contribution in [0.5, 0.6) is 0 Å². The first-order valence-corrected chi connectivity index (χ1v) is 10.4. The van der Waals surface area contributed by atoms with Gasteiger partial charge in [0.15, 0.2) is 5.96 Å². The highest BCUT2D eigenvalue weighted by molar-refractivity contribution is 9.10. The molecule has 5 heteroatoms. The molecule has 1 aromatic rings. The SMILES string of the molecule is CCN1CCCC(CNC(=NC)NCC2(c3ccccc3Br)CC2)C1. The zero-order chi connectivity index (χ0) is 17.7. The van der Waals surface area contributed by atoms with Crippen LogP contribution in [-0.4, -0.2) is 50.6 Å². The van der Waals surface area contributed by atoms with E-state index in [1.807, 2.05) is 7.05 Å². The summed E-state index contributed by atoms with van der Waals surface area (Å²) in [7, 11) is 1.87. The average molecular weight is 407 g/mol. The Morgan fingerprint density at radius 2 is 2.12 bits per heavy atom. The molecule has 138 valence electrons. The third-order valence-corrected chi connectivity index (χ3v) is 6.42. The number of benzene rings is 1. The Bertz CT molecular complexity index is 597. The Morgan fingerprint density at radius 1 is 1.32 bits per heavy atom. The summed E-state index contributed by atoms with van der Waals surface area (Å²) in [4.78, 5) is 6.98. The lowest BCUT2D eigenvalue weighted by Crippen LogP contribution is -2.46. The van der Waals surface area contributed by atoms with Crippen LogP contribution >= 0.6 is 15.9 Å². The van der Waals surface area contributed by atoms with E-state index in [2.05, 4.69) is 67.6 Å². The van der Waals surface area contributed by atoms with Crippen LogP contribution in [0, 0.1) is 5.92 Å². The first-order chi connectivity index (χ1) is 12.2. The summed E-state index contributed by atoms with van der Waals surface area (Å²) >= 11 is 3.71. The predicted octanol–water partition coefficient (Wildman–Crippen LogP) is 3.38. The molecule has 1 aliphatic heterocycles. The van der Waals surface area contributed by atoms with Gasteiger partial charge in [-0.3, -0.25) is 4.99 Å². The number of guanidine groups is 1. The smallest absolute Gasteiger partial charge is 0.191 e. The zero-order valence-corrected chi connectivity index (χ0v) is 17.1. The minimum atomic E-state index is 0.265. The minimum absolute atomic E-state index is 0.265. The highest BCUT2D eigenvalue weighted by Gasteiger charge is 2.45. The number of nitrogens with zero attached hydrogens (tertiary/aromatic N) is 2. The number of hydrogen-bond donors (Lipinski definition) is 2. The van der Waals surface area contributed by atoms with Gasteiger partial charge in [-0.15, -0.1) is 0 Å². The largest absolute Gasteiger partial charge is 0.356 e. The van der Waals surface area contributed by atoms with Crippen molar-refractivity contribution in [2.45, 2.75) is 38.0 Å².